The molecule has 0 spiro atoms. The molecule has 0 aliphatic heterocycles. The number of fused-ring (bicyclic) bond motifs is 3. The van der Waals surface area contributed by atoms with Crippen molar-refractivity contribution in [2.24, 2.45) is 17.8 Å². The summed E-state index contributed by atoms with van der Waals surface area (Å²) in [5.74, 6) is 2.59. The normalized spacial score (nSPS) is 28.9. The number of aromatic nitrogens is 2. The van der Waals surface area contributed by atoms with E-state index in [1.807, 2.05) is 24.3 Å². The standard InChI is InChI=1S/C17H20N2O/c20-16(10-13-8-11-5-6-12(7-11)9-13)17-14-3-1-2-4-15(14)18-19-17/h1-4,11-13H,5-10H2,(H,18,19). The third-order valence-corrected chi connectivity index (χ3v) is 5.19. The average molecular weight is 268 g/mol. The number of rotatable bonds is 3. The molecule has 2 aliphatic carbocycles. The Balaban J connectivity index is 1.53. The van der Waals surface area contributed by atoms with Crippen molar-refractivity contribution in [3.05, 3.63) is 30.0 Å². The smallest absolute Gasteiger partial charge is 0.183 e. The number of ketones is 1. The molecule has 2 unspecified atom stereocenters. The second-order valence-electron chi connectivity index (χ2n) is 6.63. The number of H-pyrrole nitrogens is 1. The Kier molecular flexibility index (Phi) is 2.86. The van der Waals surface area contributed by atoms with Gasteiger partial charge < -0.3 is 0 Å². The van der Waals surface area contributed by atoms with Crippen LogP contribution in [0.1, 0.15) is 49.0 Å². The van der Waals surface area contributed by atoms with Gasteiger partial charge in [0.1, 0.15) is 5.69 Å². The first kappa shape index (κ1) is 12.1. The predicted molar refractivity (Wildman–Crippen MR) is 78.6 cm³/mol. The Morgan fingerprint density at radius 1 is 1.15 bits per heavy atom. The van der Waals surface area contributed by atoms with Gasteiger partial charge in [0, 0.05) is 11.8 Å². The average Bonchev–Trinajstić information content (AvgIpc) is 3.02. The van der Waals surface area contributed by atoms with E-state index in [2.05, 4.69) is 10.2 Å². The second kappa shape index (κ2) is 4.72. The van der Waals surface area contributed by atoms with E-state index in [1.165, 1.54) is 32.1 Å². The number of aromatic amines is 1. The monoisotopic (exact) mass is 268 g/mol. The van der Waals surface area contributed by atoms with E-state index in [-0.39, 0.29) is 5.78 Å². The number of hydrogen-bond donors (Lipinski definition) is 1. The molecular formula is C17H20N2O. The summed E-state index contributed by atoms with van der Waals surface area (Å²) < 4.78 is 0. The van der Waals surface area contributed by atoms with Gasteiger partial charge in [0.2, 0.25) is 0 Å². The lowest BCUT2D eigenvalue weighted by molar-refractivity contribution is 0.0934. The molecule has 0 saturated heterocycles. The summed E-state index contributed by atoms with van der Waals surface area (Å²) >= 11 is 0. The van der Waals surface area contributed by atoms with Crippen molar-refractivity contribution >= 4 is 16.7 Å². The third kappa shape index (κ3) is 2.05. The lowest BCUT2D eigenvalue weighted by Crippen LogP contribution is -2.19. The zero-order chi connectivity index (χ0) is 13.5. The summed E-state index contributed by atoms with van der Waals surface area (Å²) in [7, 11) is 0. The summed E-state index contributed by atoms with van der Waals surface area (Å²) in [5, 5.41) is 8.17. The Bertz CT molecular complexity index is 633. The van der Waals surface area contributed by atoms with Gasteiger partial charge in [0.05, 0.1) is 5.52 Å². The minimum Gasteiger partial charge on any atom is -0.292 e. The zero-order valence-electron chi connectivity index (χ0n) is 11.6. The van der Waals surface area contributed by atoms with Crippen LogP contribution in [0.3, 0.4) is 0 Å². The molecule has 4 rings (SSSR count). The third-order valence-electron chi connectivity index (χ3n) is 5.19. The lowest BCUT2D eigenvalue weighted by atomic mass is 9.78. The fraction of sp³-hybridized carbons (Fsp3) is 0.529. The van der Waals surface area contributed by atoms with Crippen molar-refractivity contribution in [3.8, 4) is 0 Å². The summed E-state index contributed by atoms with van der Waals surface area (Å²) in [6, 6.07) is 7.89. The van der Waals surface area contributed by atoms with E-state index in [4.69, 9.17) is 0 Å². The van der Waals surface area contributed by atoms with Gasteiger partial charge in [0.15, 0.2) is 5.78 Å². The van der Waals surface area contributed by atoms with Crippen LogP contribution >= 0.6 is 0 Å². The van der Waals surface area contributed by atoms with E-state index in [1.54, 1.807) is 0 Å². The van der Waals surface area contributed by atoms with Crippen LogP contribution in [-0.2, 0) is 0 Å². The van der Waals surface area contributed by atoms with Crippen molar-refractivity contribution in [2.75, 3.05) is 0 Å². The van der Waals surface area contributed by atoms with Gasteiger partial charge in [-0.25, -0.2) is 0 Å². The van der Waals surface area contributed by atoms with Crippen LogP contribution in [0.4, 0.5) is 0 Å². The van der Waals surface area contributed by atoms with Gasteiger partial charge in [-0.1, -0.05) is 31.0 Å². The predicted octanol–water partition coefficient (Wildman–Crippen LogP) is 3.96. The maximum absolute atomic E-state index is 12.5. The molecule has 2 atom stereocenters. The van der Waals surface area contributed by atoms with Crippen molar-refractivity contribution in [2.45, 2.75) is 38.5 Å². The minimum atomic E-state index is 0.216. The molecule has 2 saturated carbocycles. The molecule has 2 aromatic rings. The minimum absolute atomic E-state index is 0.216. The Hall–Kier alpha value is -1.64. The largest absolute Gasteiger partial charge is 0.292 e. The van der Waals surface area contributed by atoms with Crippen LogP contribution in [0.15, 0.2) is 24.3 Å². The highest BCUT2D eigenvalue weighted by Crippen LogP contribution is 2.45. The van der Waals surface area contributed by atoms with E-state index in [0.29, 0.717) is 18.0 Å². The number of Topliss-reactive ketones (excluding diaryl/α,β-unsaturated/α-hetero) is 1. The molecule has 20 heavy (non-hydrogen) atoms. The van der Waals surface area contributed by atoms with Gasteiger partial charge in [-0.05, 0) is 43.1 Å². The van der Waals surface area contributed by atoms with Crippen LogP contribution in [0.2, 0.25) is 0 Å². The number of carbonyl (C=O) groups is 1. The van der Waals surface area contributed by atoms with Gasteiger partial charge >= 0.3 is 0 Å². The number of para-hydroxylation sites is 1. The number of nitrogens with zero attached hydrogens (tertiary/aromatic N) is 1. The molecule has 1 aromatic heterocycles. The van der Waals surface area contributed by atoms with Crippen molar-refractivity contribution < 1.29 is 4.79 Å². The van der Waals surface area contributed by atoms with Crippen LogP contribution in [0.5, 0.6) is 0 Å². The van der Waals surface area contributed by atoms with Crippen LogP contribution in [0, 0.1) is 17.8 Å². The topological polar surface area (TPSA) is 45.8 Å². The van der Waals surface area contributed by atoms with E-state index < -0.39 is 0 Å². The summed E-state index contributed by atoms with van der Waals surface area (Å²) in [5.41, 5.74) is 1.60. The van der Waals surface area contributed by atoms with Crippen LogP contribution in [0.25, 0.3) is 10.9 Å². The first-order valence-corrected chi connectivity index (χ1v) is 7.76. The lowest BCUT2D eigenvalue weighted by Gasteiger charge is -2.26. The highest BCUT2D eigenvalue weighted by atomic mass is 16.1. The number of benzene rings is 1. The molecule has 3 nitrogen and oxygen atoms in total. The molecule has 3 heteroatoms. The molecule has 104 valence electrons. The molecule has 1 aromatic carbocycles. The Labute approximate surface area is 118 Å². The molecule has 1 heterocycles. The molecular weight excluding hydrogens is 248 g/mol. The van der Waals surface area contributed by atoms with E-state index in [0.717, 1.165) is 22.7 Å². The van der Waals surface area contributed by atoms with Gasteiger partial charge in [-0.15, -0.1) is 0 Å². The summed E-state index contributed by atoms with van der Waals surface area (Å²) in [6.45, 7) is 0. The molecule has 2 bridgehead atoms. The maximum Gasteiger partial charge on any atom is 0.183 e. The number of hydrogen-bond acceptors (Lipinski definition) is 2. The SMILES string of the molecule is O=C(CC1CC2CCC(C2)C1)c1n[nH]c2ccccc12. The maximum atomic E-state index is 12.5. The van der Waals surface area contributed by atoms with E-state index in [9.17, 15) is 4.79 Å². The fourth-order valence-corrected chi connectivity index (χ4v) is 4.35. The molecule has 0 radical (unpaired) electrons. The van der Waals surface area contributed by atoms with Gasteiger partial charge in [-0.3, -0.25) is 9.89 Å². The Morgan fingerprint density at radius 2 is 1.90 bits per heavy atom. The summed E-state index contributed by atoms with van der Waals surface area (Å²) in [6.07, 6.45) is 7.38. The zero-order valence-corrected chi connectivity index (χ0v) is 11.6. The van der Waals surface area contributed by atoms with Gasteiger partial charge in [-0.2, -0.15) is 5.10 Å². The van der Waals surface area contributed by atoms with Crippen LogP contribution < -0.4 is 0 Å². The summed E-state index contributed by atoms with van der Waals surface area (Å²) in [4.78, 5) is 12.5. The highest BCUT2D eigenvalue weighted by molar-refractivity contribution is 6.05. The van der Waals surface area contributed by atoms with Crippen molar-refractivity contribution in [3.63, 3.8) is 0 Å². The Morgan fingerprint density at radius 3 is 2.70 bits per heavy atom. The molecule has 2 aliphatic rings. The number of carbonyl (C=O) groups excluding carboxylic acids is 1. The second-order valence-corrected chi connectivity index (χ2v) is 6.63. The highest BCUT2D eigenvalue weighted by Gasteiger charge is 2.35. The van der Waals surface area contributed by atoms with Crippen LogP contribution in [-0.4, -0.2) is 16.0 Å². The molecule has 0 amide bonds. The van der Waals surface area contributed by atoms with Crippen molar-refractivity contribution in [1.82, 2.24) is 10.2 Å². The fourth-order valence-electron chi connectivity index (χ4n) is 4.35. The quantitative estimate of drug-likeness (QED) is 0.856. The van der Waals surface area contributed by atoms with E-state index >= 15 is 0 Å². The molecule has 1 N–H and O–H groups in total. The first-order valence-electron chi connectivity index (χ1n) is 7.76. The van der Waals surface area contributed by atoms with Gasteiger partial charge in [0.25, 0.3) is 0 Å². The molecule has 2 fully saturated rings. The number of nitrogens with one attached hydrogen (secondary N) is 1. The first-order chi connectivity index (χ1) is 9.79. The van der Waals surface area contributed by atoms with Crippen molar-refractivity contribution in [1.29, 1.82) is 0 Å².